The van der Waals surface area contributed by atoms with Crippen LogP contribution in [-0.4, -0.2) is 34.5 Å². The monoisotopic (exact) mass is 265 g/mol. The summed E-state index contributed by atoms with van der Waals surface area (Å²) in [5.74, 6) is -0.700. The number of nitrogens with zero attached hydrogens (tertiary/aromatic N) is 1. The number of carbonyl (C=O) groups excluding carboxylic acids is 2. The topological polar surface area (TPSA) is 91.3 Å². The van der Waals surface area contributed by atoms with Crippen LogP contribution in [0.25, 0.3) is 0 Å². The molecule has 1 heterocycles. The Kier molecular flexibility index (Phi) is 5.78. The van der Waals surface area contributed by atoms with Gasteiger partial charge in [0.2, 0.25) is 5.91 Å². The number of hydrogen-bond acceptors (Lipinski definition) is 4. The van der Waals surface area contributed by atoms with E-state index in [0.29, 0.717) is 0 Å². The molecule has 0 spiro atoms. The summed E-state index contributed by atoms with van der Waals surface area (Å²) in [7, 11) is 0. The number of amides is 2. The molecule has 1 rings (SSSR count). The Bertz CT molecular complexity index is 449. The summed E-state index contributed by atoms with van der Waals surface area (Å²) in [6, 6.07) is 1.55. The zero-order valence-corrected chi connectivity index (χ0v) is 11.1. The van der Waals surface area contributed by atoms with Gasteiger partial charge in [-0.3, -0.25) is 14.6 Å². The number of hydrogen-bond donors (Lipinski definition) is 3. The van der Waals surface area contributed by atoms with E-state index in [2.05, 4.69) is 15.6 Å². The minimum absolute atomic E-state index is 0.103. The maximum absolute atomic E-state index is 11.7. The van der Waals surface area contributed by atoms with Crippen molar-refractivity contribution < 1.29 is 14.7 Å². The second-order valence-corrected chi connectivity index (χ2v) is 4.28. The molecular weight excluding hydrogens is 246 g/mol. The number of pyridine rings is 1. The molecule has 0 aromatic carbocycles. The first-order valence-electron chi connectivity index (χ1n) is 6.25. The van der Waals surface area contributed by atoms with E-state index in [1.807, 2.05) is 13.8 Å². The quantitative estimate of drug-likeness (QED) is 0.710. The van der Waals surface area contributed by atoms with Crippen LogP contribution in [0.3, 0.4) is 0 Å². The highest BCUT2D eigenvalue weighted by atomic mass is 16.3. The molecule has 3 N–H and O–H groups in total. The van der Waals surface area contributed by atoms with Gasteiger partial charge in [-0.2, -0.15) is 0 Å². The third-order valence-corrected chi connectivity index (χ3v) is 2.70. The van der Waals surface area contributed by atoms with Gasteiger partial charge in [0.15, 0.2) is 0 Å². The van der Waals surface area contributed by atoms with Crippen LogP contribution < -0.4 is 10.6 Å². The van der Waals surface area contributed by atoms with Crippen LogP contribution in [0.1, 0.15) is 37.0 Å². The molecule has 104 valence electrons. The molecule has 0 fully saturated rings. The van der Waals surface area contributed by atoms with E-state index in [1.165, 1.54) is 18.5 Å². The summed E-state index contributed by atoms with van der Waals surface area (Å²) in [6.07, 6.45) is 3.69. The van der Waals surface area contributed by atoms with Gasteiger partial charge in [-0.25, -0.2) is 0 Å². The van der Waals surface area contributed by atoms with Crippen LogP contribution in [0, 0.1) is 0 Å². The van der Waals surface area contributed by atoms with Crippen molar-refractivity contribution in [1.29, 1.82) is 0 Å². The fraction of sp³-hybridized carbons (Fsp3) is 0.462. The van der Waals surface area contributed by atoms with Gasteiger partial charge >= 0.3 is 0 Å². The largest absolute Gasteiger partial charge is 0.505 e. The molecule has 1 aromatic rings. The maximum Gasteiger partial charge on any atom is 0.255 e. The highest BCUT2D eigenvalue weighted by molar-refractivity contribution is 5.96. The Morgan fingerprint density at radius 2 is 2.21 bits per heavy atom. The maximum atomic E-state index is 11.7. The molecule has 6 nitrogen and oxygen atoms in total. The second kappa shape index (κ2) is 7.35. The summed E-state index contributed by atoms with van der Waals surface area (Å²) in [6.45, 7) is 4.13. The highest BCUT2D eigenvalue weighted by Gasteiger charge is 2.11. The van der Waals surface area contributed by atoms with E-state index >= 15 is 0 Å². The van der Waals surface area contributed by atoms with E-state index in [4.69, 9.17) is 0 Å². The van der Waals surface area contributed by atoms with Gasteiger partial charge in [-0.05, 0) is 19.4 Å². The predicted octanol–water partition coefficient (Wildman–Crippen LogP) is 0.822. The molecule has 1 atom stereocenters. The van der Waals surface area contributed by atoms with Crippen molar-refractivity contribution >= 4 is 11.8 Å². The minimum Gasteiger partial charge on any atom is -0.505 e. The fourth-order valence-corrected chi connectivity index (χ4v) is 1.41. The number of aromatic nitrogens is 1. The Hall–Kier alpha value is -2.11. The van der Waals surface area contributed by atoms with Gasteiger partial charge in [-0.15, -0.1) is 0 Å². The van der Waals surface area contributed by atoms with Crippen molar-refractivity contribution in [2.45, 2.75) is 32.7 Å². The highest BCUT2D eigenvalue weighted by Crippen LogP contribution is 2.13. The number of carbonyl (C=O) groups is 2. The van der Waals surface area contributed by atoms with Crippen LogP contribution in [0.15, 0.2) is 18.5 Å². The van der Waals surface area contributed by atoms with Gasteiger partial charge in [0.1, 0.15) is 5.75 Å². The number of rotatable bonds is 6. The lowest BCUT2D eigenvalue weighted by atomic mass is 10.2. The van der Waals surface area contributed by atoms with Crippen molar-refractivity contribution in [3.8, 4) is 5.75 Å². The lowest BCUT2D eigenvalue weighted by molar-refractivity contribution is -0.121. The third kappa shape index (κ3) is 4.95. The molecule has 19 heavy (non-hydrogen) atoms. The van der Waals surface area contributed by atoms with Gasteiger partial charge in [0.05, 0.1) is 11.8 Å². The summed E-state index contributed by atoms with van der Waals surface area (Å²) < 4.78 is 0. The normalized spacial score (nSPS) is 11.7. The third-order valence-electron chi connectivity index (χ3n) is 2.70. The standard InChI is InChI=1S/C13H19N3O3/c1-3-9(2)16-12(18)5-7-15-13(19)10-4-6-14-8-11(10)17/h4,6,8-9,17H,3,5,7H2,1-2H3,(H,15,19)(H,16,18). The Labute approximate surface area is 112 Å². The molecule has 0 aliphatic rings. The Balaban J connectivity index is 2.36. The average molecular weight is 265 g/mol. The number of aromatic hydroxyl groups is 1. The molecule has 0 bridgehead atoms. The Morgan fingerprint density at radius 3 is 2.84 bits per heavy atom. The van der Waals surface area contributed by atoms with Gasteiger partial charge in [0, 0.05) is 25.2 Å². The van der Waals surface area contributed by atoms with Crippen LogP contribution in [-0.2, 0) is 4.79 Å². The lowest BCUT2D eigenvalue weighted by Gasteiger charge is -2.11. The zero-order chi connectivity index (χ0) is 14.3. The fourth-order valence-electron chi connectivity index (χ4n) is 1.41. The first kappa shape index (κ1) is 14.9. The second-order valence-electron chi connectivity index (χ2n) is 4.28. The van der Waals surface area contributed by atoms with Gasteiger partial charge in [-0.1, -0.05) is 6.92 Å². The summed E-state index contributed by atoms with van der Waals surface area (Å²) >= 11 is 0. The zero-order valence-electron chi connectivity index (χ0n) is 11.1. The van der Waals surface area contributed by atoms with Crippen LogP contribution >= 0.6 is 0 Å². The van der Waals surface area contributed by atoms with Crippen molar-refractivity contribution in [2.75, 3.05) is 6.54 Å². The molecule has 0 aliphatic heterocycles. The molecule has 2 amide bonds. The summed E-state index contributed by atoms with van der Waals surface area (Å²) in [5, 5.41) is 14.8. The van der Waals surface area contributed by atoms with E-state index in [9.17, 15) is 14.7 Å². The van der Waals surface area contributed by atoms with Crippen LogP contribution in [0.5, 0.6) is 5.75 Å². The molecule has 0 aliphatic carbocycles. The van der Waals surface area contributed by atoms with Crippen molar-refractivity contribution in [1.82, 2.24) is 15.6 Å². The smallest absolute Gasteiger partial charge is 0.255 e. The summed E-state index contributed by atoms with van der Waals surface area (Å²) in [4.78, 5) is 26.9. The first-order valence-corrected chi connectivity index (χ1v) is 6.25. The van der Waals surface area contributed by atoms with E-state index < -0.39 is 5.91 Å². The van der Waals surface area contributed by atoms with Crippen LogP contribution in [0.2, 0.25) is 0 Å². The number of nitrogens with one attached hydrogen (secondary N) is 2. The van der Waals surface area contributed by atoms with Gasteiger partial charge in [0.25, 0.3) is 5.91 Å². The molecule has 0 radical (unpaired) electrons. The molecule has 1 unspecified atom stereocenters. The molecule has 0 saturated heterocycles. The Morgan fingerprint density at radius 1 is 1.47 bits per heavy atom. The summed E-state index contributed by atoms with van der Waals surface area (Å²) in [5.41, 5.74) is 0.150. The molecular formula is C13H19N3O3. The lowest BCUT2D eigenvalue weighted by Crippen LogP contribution is -2.35. The van der Waals surface area contributed by atoms with Crippen LogP contribution in [0.4, 0.5) is 0 Å². The minimum atomic E-state index is -0.420. The van der Waals surface area contributed by atoms with E-state index in [0.717, 1.165) is 6.42 Å². The average Bonchev–Trinajstić information content (AvgIpc) is 2.38. The van der Waals surface area contributed by atoms with Crippen molar-refractivity contribution in [2.24, 2.45) is 0 Å². The SMILES string of the molecule is CCC(C)NC(=O)CCNC(=O)c1ccncc1O. The predicted molar refractivity (Wildman–Crippen MR) is 70.7 cm³/mol. The molecule has 0 saturated carbocycles. The van der Waals surface area contributed by atoms with Crippen molar-refractivity contribution in [3.05, 3.63) is 24.0 Å². The molecule has 1 aromatic heterocycles. The van der Waals surface area contributed by atoms with E-state index in [-0.39, 0.29) is 36.2 Å². The first-order chi connectivity index (χ1) is 9.04. The van der Waals surface area contributed by atoms with Crippen molar-refractivity contribution in [3.63, 3.8) is 0 Å². The molecule has 6 heteroatoms. The van der Waals surface area contributed by atoms with E-state index in [1.54, 1.807) is 0 Å². The van der Waals surface area contributed by atoms with Gasteiger partial charge < -0.3 is 15.7 Å².